The van der Waals surface area contributed by atoms with Crippen molar-refractivity contribution in [2.75, 3.05) is 52.9 Å². The van der Waals surface area contributed by atoms with Crippen LogP contribution < -0.4 is 10.6 Å². The van der Waals surface area contributed by atoms with E-state index in [1.807, 2.05) is 0 Å². The molecule has 0 aromatic carbocycles. The number of likely N-dealkylation sites (N-methyl/N-ethyl adjacent to an activating group) is 1. The van der Waals surface area contributed by atoms with Gasteiger partial charge in [0.15, 0.2) is 0 Å². The third-order valence-corrected chi connectivity index (χ3v) is 4.79. The molecule has 2 rings (SSSR count). The fourth-order valence-corrected chi connectivity index (χ4v) is 3.36. The Bertz CT molecular complexity index is 245. The molecule has 2 heterocycles. The maximum absolute atomic E-state index is 3.70. The van der Waals surface area contributed by atoms with Crippen LogP contribution in [0, 0.1) is 0 Å². The quantitative estimate of drug-likeness (QED) is 0.686. The van der Waals surface area contributed by atoms with Crippen molar-refractivity contribution in [2.24, 2.45) is 0 Å². The highest BCUT2D eigenvalue weighted by atomic mass is 15.2. The fraction of sp³-hybridized carbons (Fsp3) is 1.00. The maximum atomic E-state index is 3.70. The minimum absolute atomic E-state index is 0.651. The number of rotatable bonds is 7. The van der Waals surface area contributed by atoms with E-state index in [1.54, 1.807) is 0 Å². The van der Waals surface area contributed by atoms with Crippen LogP contribution in [-0.2, 0) is 0 Å². The molecule has 2 atom stereocenters. The van der Waals surface area contributed by atoms with Gasteiger partial charge in [-0.15, -0.1) is 0 Å². The Morgan fingerprint density at radius 1 is 1.20 bits per heavy atom. The van der Waals surface area contributed by atoms with E-state index in [0.29, 0.717) is 6.04 Å². The Kier molecular flexibility index (Phi) is 7.28. The van der Waals surface area contributed by atoms with Crippen molar-refractivity contribution in [1.82, 2.24) is 20.4 Å². The molecular formula is C16H34N4. The molecule has 2 N–H and O–H groups in total. The molecule has 2 unspecified atom stereocenters. The number of piperidine rings is 1. The molecule has 118 valence electrons. The predicted molar refractivity (Wildman–Crippen MR) is 86.3 cm³/mol. The highest BCUT2D eigenvalue weighted by Crippen LogP contribution is 2.11. The minimum Gasteiger partial charge on any atom is -0.314 e. The summed E-state index contributed by atoms with van der Waals surface area (Å²) in [6, 6.07) is 1.40. The molecule has 20 heavy (non-hydrogen) atoms. The van der Waals surface area contributed by atoms with Crippen molar-refractivity contribution in [3.05, 3.63) is 0 Å². The second-order valence-electron chi connectivity index (χ2n) is 6.74. The van der Waals surface area contributed by atoms with Crippen molar-refractivity contribution in [3.63, 3.8) is 0 Å². The van der Waals surface area contributed by atoms with Crippen LogP contribution in [-0.4, -0.2) is 74.7 Å². The second-order valence-corrected chi connectivity index (χ2v) is 6.74. The van der Waals surface area contributed by atoms with Crippen molar-refractivity contribution in [3.8, 4) is 0 Å². The molecule has 2 saturated heterocycles. The van der Waals surface area contributed by atoms with Crippen LogP contribution in [0.15, 0.2) is 0 Å². The first kappa shape index (κ1) is 16.2. The number of nitrogens with one attached hydrogen (secondary N) is 2. The fourth-order valence-electron chi connectivity index (χ4n) is 3.36. The molecule has 0 spiro atoms. The van der Waals surface area contributed by atoms with Gasteiger partial charge in [0.2, 0.25) is 0 Å². The van der Waals surface area contributed by atoms with Gasteiger partial charge >= 0.3 is 0 Å². The van der Waals surface area contributed by atoms with Crippen molar-refractivity contribution in [2.45, 2.75) is 51.1 Å². The van der Waals surface area contributed by atoms with Gasteiger partial charge in [-0.2, -0.15) is 0 Å². The van der Waals surface area contributed by atoms with Gasteiger partial charge in [0.25, 0.3) is 0 Å². The van der Waals surface area contributed by atoms with Gasteiger partial charge in [-0.1, -0.05) is 6.42 Å². The summed E-state index contributed by atoms with van der Waals surface area (Å²) in [5.41, 5.74) is 0. The van der Waals surface area contributed by atoms with Gasteiger partial charge < -0.3 is 20.4 Å². The maximum Gasteiger partial charge on any atom is 0.0110 e. The van der Waals surface area contributed by atoms with Crippen LogP contribution in [0.25, 0.3) is 0 Å². The number of hydrogen-bond donors (Lipinski definition) is 2. The lowest BCUT2D eigenvalue weighted by Crippen LogP contribution is -2.45. The first-order valence-corrected chi connectivity index (χ1v) is 8.61. The molecule has 0 aromatic rings. The summed E-state index contributed by atoms with van der Waals surface area (Å²) in [7, 11) is 2.22. The zero-order chi connectivity index (χ0) is 14.2. The van der Waals surface area contributed by atoms with Crippen LogP contribution >= 0.6 is 0 Å². The average Bonchev–Trinajstić information content (AvgIpc) is 2.46. The Morgan fingerprint density at radius 2 is 2.00 bits per heavy atom. The van der Waals surface area contributed by atoms with E-state index < -0.39 is 0 Å². The summed E-state index contributed by atoms with van der Waals surface area (Å²) in [4.78, 5) is 5.03. The Hall–Kier alpha value is -0.160. The molecular weight excluding hydrogens is 248 g/mol. The van der Waals surface area contributed by atoms with Gasteiger partial charge in [0.1, 0.15) is 0 Å². The first-order chi connectivity index (χ1) is 9.74. The van der Waals surface area contributed by atoms with E-state index in [2.05, 4.69) is 34.4 Å². The zero-order valence-corrected chi connectivity index (χ0v) is 13.5. The Labute approximate surface area is 125 Å². The van der Waals surface area contributed by atoms with Crippen molar-refractivity contribution in [1.29, 1.82) is 0 Å². The van der Waals surface area contributed by atoms with Crippen LogP contribution in [0.2, 0.25) is 0 Å². The standard InChI is InChI=1S/C16H34N4/c1-15(14-16-6-3-4-7-18-16)17-8-5-9-20-12-10-19(2)11-13-20/h15-18H,3-14H2,1-2H3. The van der Waals surface area contributed by atoms with Gasteiger partial charge in [0.05, 0.1) is 0 Å². The van der Waals surface area contributed by atoms with Crippen molar-refractivity contribution < 1.29 is 0 Å². The summed E-state index contributed by atoms with van der Waals surface area (Å²) in [6.45, 7) is 11.0. The highest BCUT2D eigenvalue weighted by molar-refractivity contribution is 4.77. The van der Waals surface area contributed by atoms with E-state index >= 15 is 0 Å². The van der Waals surface area contributed by atoms with E-state index in [1.165, 1.54) is 77.9 Å². The van der Waals surface area contributed by atoms with Gasteiger partial charge in [-0.05, 0) is 59.3 Å². The lowest BCUT2D eigenvalue weighted by Gasteiger charge is -2.32. The highest BCUT2D eigenvalue weighted by Gasteiger charge is 2.16. The van der Waals surface area contributed by atoms with E-state index in [-0.39, 0.29) is 0 Å². The summed E-state index contributed by atoms with van der Waals surface area (Å²) >= 11 is 0. The van der Waals surface area contributed by atoms with Crippen LogP contribution in [0.1, 0.15) is 39.0 Å². The number of nitrogens with zero attached hydrogens (tertiary/aromatic N) is 2. The monoisotopic (exact) mass is 282 g/mol. The molecule has 0 saturated carbocycles. The molecule has 0 amide bonds. The molecule has 4 heteroatoms. The lowest BCUT2D eigenvalue weighted by molar-refractivity contribution is 0.152. The van der Waals surface area contributed by atoms with Gasteiger partial charge in [-0.25, -0.2) is 0 Å². The van der Waals surface area contributed by atoms with Crippen LogP contribution in [0.4, 0.5) is 0 Å². The molecule has 0 bridgehead atoms. The third-order valence-electron chi connectivity index (χ3n) is 4.79. The van der Waals surface area contributed by atoms with Gasteiger partial charge in [-0.3, -0.25) is 0 Å². The van der Waals surface area contributed by atoms with Crippen LogP contribution in [0.5, 0.6) is 0 Å². The summed E-state index contributed by atoms with van der Waals surface area (Å²) in [5, 5.41) is 7.34. The molecule has 0 aliphatic carbocycles. The van der Waals surface area contributed by atoms with Crippen molar-refractivity contribution >= 4 is 0 Å². The first-order valence-electron chi connectivity index (χ1n) is 8.61. The zero-order valence-electron chi connectivity index (χ0n) is 13.5. The summed E-state index contributed by atoms with van der Waals surface area (Å²) < 4.78 is 0. The third kappa shape index (κ3) is 6.08. The molecule has 0 radical (unpaired) electrons. The lowest BCUT2D eigenvalue weighted by atomic mass is 9.99. The number of hydrogen-bond acceptors (Lipinski definition) is 4. The smallest absolute Gasteiger partial charge is 0.0110 e. The van der Waals surface area contributed by atoms with E-state index in [0.717, 1.165) is 6.04 Å². The summed E-state index contributed by atoms with van der Waals surface area (Å²) in [5.74, 6) is 0. The minimum atomic E-state index is 0.651. The van der Waals surface area contributed by atoms with Gasteiger partial charge in [0, 0.05) is 38.3 Å². The molecule has 2 fully saturated rings. The van der Waals surface area contributed by atoms with E-state index in [4.69, 9.17) is 0 Å². The second kappa shape index (κ2) is 8.98. The molecule has 4 nitrogen and oxygen atoms in total. The predicted octanol–water partition coefficient (Wildman–Crippen LogP) is 1.13. The topological polar surface area (TPSA) is 30.5 Å². The average molecular weight is 282 g/mol. The normalized spacial score (nSPS) is 27.6. The van der Waals surface area contributed by atoms with E-state index in [9.17, 15) is 0 Å². The molecule has 0 aromatic heterocycles. The Morgan fingerprint density at radius 3 is 2.70 bits per heavy atom. The largest absolute Gasteiger partial charge is 0.314 e. The van der Waals surface area contributed by atoms with Crippen LogP contribution in [0.3, 0.4) is 0 Å². The summed E-state index contributed by atoms with van der Waals surface area (Å²) in [6.07, 6.45) is 6.71. The number of piperazine rings is 1. The molecule has 2 aliphatic heterocycles. The SMILES string of the molecule is CC(CC1CCCCN1)NCCCN1CCN(C)CC1. The Balaban J connectivity index is 1.47. The molecule has 2 aliphatic rings.